The zero-order valence-corrected chi connectivity index (χ0v) is 6.17. The first-order chi connectivity index (χ1) is 4.02. The lowest BCUT2D eigenvalue weighted by atomic mass is 11.7. The summed E-state index contributed by atoms with van der Waals surface area (Å²) in [6.45, 7) is 0. The van der Waals surface area contributed by atoms with Crippen LogP contribution >= 0.6 is 7.59 Å². The van der Waals surface area contributed by atoms with Crippen molar-refractivity contribution in [3.63, 3.8) is 0 Å². The van der Waals surface area contributed by atoms with Crippen molar-refractivity contribution >= 4 is 7.59 Å². The molecule has 0 aliphatic rings. The van der Waals surface area contributed by atoms with E-state index in [1.54, 1.807) is 0 Å². The lowest BCUT2D eigenvalue weighted by molar-refractivity contribution is -0.274. The average Bonchev–Trinajstić information content (AvgIpc) is 1.65. The third-order valence-electron chi connectivity index (χ3n) is 0.568. The number of hydrogen-bond acceptors (Lipinski definition) is 3. The van der Waals surface area contributed by atoms with E-state index >= 15 is 0 Å². The summed E-state index contributed by atoms with van der Waals surface area (Å²) in [5, 5.41) is 0. The van der Waals surface area contributed by atoms with Gasteiger partial charge >= 0.3 is 7.59 Å². The Kier molecular flexibility index (Phi) is 3.27. The molecule has 0 unspecified atom stereocenters. The lowest BCUT2D eigenvalue weighted by Gasteiger charge is -2.18. The Hall–Kier alpha value is 0.0300. The number of hydrogen-bond donors (Lipinski definition) is 2. The van der Waals surface area contributed by atoms with Crippen molar-refractivity contribution in [3.8, 4) is 0 Å². The van der Waals surface area contributed by atoms with E-state index in [4.69, 9.17) is 11.0 Å². The standard InChI is InChI=1S/C2H10N3O3P/c1-7-5(8-2)9(3,4)6/h1-2H3,(H4,3,4,6). The molecule has 0 bridgehead atoms. The first-order valence-corrected chi connectivity index (χ1v) is 3.88. The van der Waals surface area contributed by atoms with Gasteiger partial charge in [-0.3, -0.25) is 25.2 Å². The molecule has 0 amide bonds. The smallest absolute Gasteiger partial charge is 0.269 e. The number of rotatable bonds is 3. The minimum Gasteiger partial charge on any atom is -0.269 e. The molecular weight excluding hydrogens is 145 g/mol. The van der Waals surface area contributed by atoms with Crippen LogP contribution in [0.25, 0.3) is 0 Å². The van der Waals surface area contributed by atoms with Crippen molar-refractivity contribution in [2.45, 2.75) is 0 Å². The van der Waals surface area contributed by atoms with Crippen LogP contribution < -0.4 is 11.0 Å². The molecular formula is C2H10N3O3P. The molecule has 0 aromatic heterocycles. The van der Waals surface area contributed by atoms with Crippen molar-refractivity contribution in [2.75, 3.05) is 14.2 Å². The van der Waals surface area contributed by atoms with Crippen molar-refractivity contribution in [2.24, 2.45) is 11.0 Å². The zero-order chi connectivity index (χ0) is 7.49. The fourth-order valence-electron chi connectivity index (χ4n) is 0.330. The Morgan fingerprint density at radius 3 is 1.67 bits per heavy atom. The summed E-state index contributed by atoms with van der Waals surface area (Å²) in [5.74, 6) is 0. The number of nitrogens with zero attached hydrogens (tertiary/aromatic N) is 1. The molecule has 0 atom stereocenters. The SMILES string of the molecule is CON(OC)P(N)(N)=O. The molecule has 0 radical (unpaired) electrons. The summed E-state index contributed by atoms with van der Waals surface area (Å²) in [7, 11) is -0.895. The van der Waals surface area contributed by atoms with Crippen LogP contribution in [0.2, 0.25) is 0 Å². The van der Waals surface area contributed by atoms with Crippen molar-refractivity contribution in [1.29, 1.82) is 0 Å². The van der Waals surface area contributed by atoms with E-state index < -0.39 is 7.59 Å². The molecule has 0 aliphatic carbocycles. The van der Waals surface area contributed by atoms with Crippen molar-refractivity contribution in [1.82, 2.24) is 5.00 Å². The van der Waals surface area contributed by atoms with Gasteiger partial charge < -0.3 is 0 Å². The van der Waals surface area contributed by atoms with E-state index in [1.807, 2.05) is 0 Å². The molecule has 0 spiro atoms. The Bertz CT molecular complexity index is 118. The minimum absolute atomic E-state index is 0.549. The van der Waals surface area contributed by atoms with Gasteiger partial charge in [0, 0.05) is 5.00 Å². The highest BCUT2D eigenvalue weighted by Gasteiger charge is 2.20. The maximum atomic E-state index is 10.6. The Labute approximate surface area is 53.1 Å². The summed E-state index contributed by atoms with van der Waals surface area (Å²) in [6.07, 6.45) is 0. The Morgan fingerprint density at radius 2 is 1.67 bits per heavy atom. The predicted octanol–water partition coefficient (Wildman–Crippen LogP) is -0.563. The molecule has 0 aromatic carbocycles. The molecule has 0 heterocycles. The minimum atomic E-state index is -3.39. The van der Waals surface area contributed by atoms with Gasteiger partial charge in [-0.2, -0.15) is 0 Å². The second-order valence-corrected chi connectivity index (χ2v) is 2.95. The van der Waals surface area contributed by atoms with Gasteiger partial charge in [-0.1, -0.05) is 0 Å². The van der Waals surface area contributed by atoms with Gasteiger partial charge in [0.25, 0.3) is 0 Å². The zero-order valence-electron chi connectivity index (χ0n) is 5.27. The number of nitrogens with two attached hydrogens (primary N) is 2. The van der Waals surface area contributed by atoms with Gasteiger partial charge in [0.05, 0.1) is 14.2 Å². The van der Waals surface area contributed by atoms with E-state index in [1.165, 1.54) is 14.2 Å². The second kappa shape index (κ2) is 3.26. The van der Waals surface area contributed by atoms with Gasteiger partial charge in [-0.05, 0) is 0 Å². The van der Waals surface area contributed by atoms with E-state index in [0.717, 1.165) is 0 Å². The van der Waals surface area contributed by atoms with Crippen LogP contribution in [-0.4, -0.2) is 19.2 Å². The Morgan fingerprint density at radius 1 is 1.33 bits per heavy atom. The molecule has 0 saturated carbocycles. The summed E-state index contributed by atoms with van der Waals surface area (Å²) < 4.78 is 10.6. The molecule has 4 N–H and O–H groups in total. The molecule has 7 heteroatoms. The van der Waals surface area contributed by atoms with Crippen molar-refractivity contribution < 1.29 is 14.2 Å². The summed E-state index contributed by atoms with van der Waals surface area (Å²) in [4.78, 5) is 9.27. The van der Waals surface area contributed by atoms with Crippen LogP contribution in [0, 0.1) is 0 Å². The maximum Gasteiger partial charge on any atom is 0.323 e. The summed E-state index contributed by atoms with van der Waals surface area (Å²) in [5.41, 5.74) is 9.82. The first kappa shape index (κ1) is 9.03. The topological polar surface area (TPSA) is 90.8 Å². The molecule has 0 aromatic rings. The van der Waals surface area contributed by atoms with Gasteiger partial charge in [-0.15, -0.1) is 0 Å². The van der Waals surface area contributed by atoms with Crippen LogP contribution in [0.15, 0.2) is 0 Å². The third kappa shape index (κ3) is 2.90. The van der Waals surface area contributed by atoms with E-state index in [0.29, 0.717) is 5.00 Å². The van der Waals surface area contributed by atoms with E-state index in [-0.39, 0.29) is 0 Å². The maximum absolute atomic E-state index is 10.6. The average molecular weight is 155 g/mol. The second-order valence-electron chi connectivity index (χ2n) is 1.28. The molecule has 0 fully saturated rings. The molecule has 0 saturated heterocycles. The van der Waals surface area contributed by atoms with Gasteiger partial charge in [-0.25, -0.2) is 0 Å². The first-order valence-electron chi connectivity index (χ1n) is 2.08. The van der Waals surface area contributed by atoms with Crippen LogP contribution in [0.5, 0.6) is 0 Å². The summed E-state index contributed by atoms with van der Waals surface area (Å²) >= 11 is 0. The van der Waals surface area contributed by atoms with Gasteiger partial charge in [0.2, 0.25) is 0 Å². The molecule has 56 valence electrons. The van der Waals surface area contributed by atoms with Crippen LogP contribution in [-0.2, 0) is 14.2 Å². The van der Waals surface area contributed by atoms with Crippen LogP contribution in [0.4, 0.5) is 0 Å². The normalized spacial score (nSPS) is 12.6. The highest BCUT2D eigenvalue weighted by Crippen LogP contribution is 2.30. The van der Waals surface area contributed by atoms with Gasteiger partial charge in [0.15, 0.2) is 0 Å². The highest BCUT2D eigenvalue weighted by atomic mass is 31.2. The molecule has 0 rings (SSSR count). The van der Waals surface area contributed by atoms with Crippen LogP contribution in [0.3, 0.4) is 0 Å². The quantitative estimate of drug-likeness (QED) is 0.419. The van der Waals surface area contributed by atoms with Gasteiger partial charge in [0.1, 0.15) is 0 Å². The largest absolute Gasteiger partial charge is 0.323 e. The molecule has 9 heavy (non-hydrogen) atoms. The molecule has 0 aliphatic heterocycles. The molecule has 6 nitrogen and oxygen atoms in total. The highest BCUT2D eigenvalue weighted by molar-refractivity contribution is 7.56. The Balaban J connectivity index is 3.96. The fraction of sp³-hybridized carbons (Fsp3) is 1.00. The van der Waals surface area contributed by atoms with Crippen LogP contribution in [0.1, 0.15) is 0 Å². The lowest BCUT2D eigenvalue weighted by Crippen LogP contribution is -2.26. The summed E-state index contributed by atoms with van der Waals surface area (Å²) in [6, 6.07) is 0. The fourth-order valence-corrected chi connectivity index (χ4v) is 0.840. The van der Waals surface area contributed by atoms with Crippen molar-refractivity contribution in [3.05, 3.63) is 0 Å². The predicted molar refractivity (Wildman–Crippen MR) is 31.8 cm³/mol. The third-order valence-corrected chi connectivity index (χ3v) is 1.40. The van der Waals surface area contributed by atoms with E-state index in [2.05, 4.69) is 9.68 Å². The monoisotopic (exact) mass is 155 g/mol. The van der Waals surface area contributed by atoms with E-state index in [9.17, 15) is 4.57 Å².